The molecule has 1 aliphatic rings. The van der Waals surface area contributed by atoms with Crippen molar-refractivity contribution in [1.29, 1.82) is 0 Å². The van der Waals surface area contributed by atoms with Crippen molar-refractivity contribution >= 4 is 5.78 Å². The van der Waals surface area contributed by atoms with Crippen LogP contribution in [0.15, 0.2) is 0 Å². The molecular weight excluding hydrogens is 156 g/mol. The third kappa shape index (κ3) is 7.69. The second-order valence-electron chi connectivity index (χ2n) is 3.06. The van der Waals surface area contributed by atoms with Gasteiger partial charge in [-0.25, -0.2) is 0 Å². The summed E-state index contributed by atoms with van der Waals surface area (Å²) < 4.78 is 5.23. The molecule has 1 N–H and O–H groups in total. The monoisotopic (exact) mass is 174 g/mol. The maximum Gasteiger partial charge on any atom is 0.126 e. The van der Waals surface area contributed by atoms with Crippen LogP contribution in [0.4, 0.5) is 0 Å². The molecule has 1 unspecified atom stereocenters. The average molecular weight is 174 g/mol. The van der Waals surface area contributed by atoms with Gasteiger partial charge in [0.1, 0.15) is 5.78 Å². The van der Waals surface area contributed by atoms with Crippen LogP contribution in [-0.2, 0) is 9.53 Å². The SMILES string of the molecule is CC(C)=O.OCCC1CCCO1. The lowest BCUT2D eigenvalue weighted by molar-refractivity contribution is -0.114. The number of ether oxygens (including phenoxy) is 1. The fourth-order valence-electron chi connectivity index (χ4n) is 1.02. The average Bonchev–Trinajstić information content (AvgIpc) is 2.39. The standard InChI is InChI=1S/C6H12O2.C3H6O/c7-4-3-6-2-1-5-8-6;1-3(2)4/h6-7H,1-5H2;1-2H3. The Hall–Kier alpha value is -0.410. The van der Waals surface area contributed by atoms with Crippen molar-refractivity contribution in [2.24, 2.45) is 0 Å². The highest BCUT2D eigenvalue weighted by Crippen LogP contribution is 2.13. The van der Waals surface area contributed by atoms with Crippen LogP contribution < -0.4 is 0 Å². The first-order chi connectivity index (χ1) is 5.66. The van der Waals surface area contributed by atoms with E-state index < -0.39 is 0 Å². The van der Waals surface area contributed by atoms with E-state index >= 15 is 0 Å². The molecule has 0 aromatic carbocycles. The summed E-state index contributed by atoms with van der Waals surface area (Å²) in [6.07, 6.45) is 3.49. The summed E-state index contributed by atoms with van der Waals surface area (Å²) in [5.74, 6) is 0.167. The van der Waals surface area contributed by atoms with Crippen LogP contribution in [0.2, 0.25) is 0 Å². The van der Waals surface area contributed by atoms with Gasteiger partial charge in [-0.1, -0.05) is 0 Å². The molecule has 0 radical (unpaired) electrons. The lowest BCUT2D eigenvalue weighted by atomic mass is 10.2. The third-order valence-electron chi connectivity index (χ3n) is 1.48. The van der Waals surface area contributed by atoms with Gasteiger partial charge in [-0.05, 0) is 33.1 Å². The van der Waals surface area contributed by atoms with Gasteiger partial charge in [0.15, 0.2) is 0 Å². The fourth-order valence-corrected chi connectivity index (χ4v) is 1.02. The van der Waals surface area contributed by atoms with Gasteiger partial charge in [-0.15, -0.1) is 0 Å². The smallest absolute Gasteiger partial charge is 0.126 e. The minimum atomic E-state index is 0.167. The quantitative estimate of drug-likeness (QED) is 0.683. The Balaban J connectivity index is 0.000000261. The largest absolute Gasteiger partial charge is 0.396 e. The topological polar surface area (TPSA) is 46.5 Å². The van der Waals surface area contributed by atoms with E-state index in [0.717, 1.165) is 19.4 Å². The summed E-state index contributed by atoms with van der Waals surface area (Å²) in [4.78, 5) is 9.44. The summed E-state index contributed by atoms with van der Waals surface area (Å²) >= 11 is 0. The Morgan fingerprint density at radius 1 is 1.58 bits per heavy atom. The van der Waals surface area contributed by atoms with Crippen molar-refractivity contribution in [2.75, 3.05) is 13.2 Å². The van der Waals surface area contributed by atoms with E-state index in [9.17, 15) is 4.79 Å². The zero-order valence-corrected chi connectivity index (χ0v) is 7.88. The first-order valence-corrected chi connectivity index (χ1v) is 4.36. The van der Waals surface area contributed by atoms with E-state index in [1.54, 1.807) is 0 Å². The summed E-state index contributed by atoms with van der Waals surface area (Å²) in [6, 6.07) is 0. The maximum atomic E-state index is 9.44. The lowest BCUT2D eigenvalue weighted by Gasteiger charge is -2.03. The molecule has 1 fully saturated rings. The highest BCUT2D eigenvalue weighted by molar-refractivity contribution is 5.72. The normalized spacial score (nSPS) is 21.4. The molecule has 12 heavy (non-hydrogen) atoms. The zero-order chi connectivity index (χ0) is 9.40. The van der Waals surface area contributed by atoms with E-state index in [1.165, 1.54) is 20.3 Å². The molecule has 0 bridgehead atoms. The number of carbonyl (C=O) groups is 1. The number of aliphatic hydroxyl groups excluding tert-OH is 1. The molecule has 0 amide bonds. The molecule has 1 heterocycles. The molecule has 3 heteroatoms. The molecule has 0 aliphatic carbocycles. The van der Waals surface area contributed by atoms with Crippen molar-refractivity contribution < 1.29 is 14.6 Å². The number of aliphatic hydroxyl groups is 1. The van der Waals surface area contributed by atoms with Crippen LogP contribution in [-0.4, -0.2) is 30.2 Å². The van der Waals surface area contributed by atoms with Crippen LogP contribution in [0.5, 0.6) is 0 Å². The summed E-state index contributed by atoms with van der Waals surface area (Å²) in [7, 11) is 0. The molecule has 1 atom stereocenters. The van der Waals surface area contributed by atoms with Crippen molar-refractivity contribution in [2.45, 2.75) is 39.2 Å². The maximum absolute atomic E-state index is 9.44. The number of hydrogen-bond donors (Lipinski definition) is 1. The summed E-state index contributed by atoms with van der Waals surface area (Å²) in [6.45, 7) is 4.22. The molecule has 0 aromatic rings. The molecule has 1 saturated heterocycles. The van der Waals surface area contributed by atoms with E-state index in [2.05, 4.69) is 0 Å². The number of ketones is 1. The van der Waals surface area contributed by atoms with Gasteiger partial charge in [0.25, 0.3) is 0 Å². The van der Waals surface area contributed by atoms with E-state index in [4.69, 9.17) is 9.84 Å². The first-order valence-electron chi connectivity index (χ1n) is 4.36. The van der Waals surface area contributed by atoms with Gasteiger partial charge < -0.3 is 14.6 Å². The zero-order valence-electron chi connectivity index (χ0n) is 7.88. The van der Waals surface area contributed by atoms with Crippen molar-refractivity contribution in [3.05, 3.63) is 0 Å². The predicted molar refractivity (Wildman–Crippen MR) is 47.0 cm³/mol. The fraction of sp³-hybridized carbons (Fsp3) is 0.889. The van der Waals surface area contributed by atoms with Gasteiger partial charge in [-0.3, -0.25) is 0 Å². The molecule has 0 spiro atoms. The van der Waals surface area contributed by atoms with Crippen LogP contribution in [0, 0.1) is 0 Å². The minimum absolute atomic E-state index is 0.167. The van der Waals surface area contributed by atoms with E-state index in [-0.39, 0.29) is 12.4 Å². The Morgan fingerprint density at radius 2 is 2.17 bits per heavy atom. The van der Waals surface area contributed by atoms with Crippen LogP contribution in [0.3, 0.4) is 0 Å². The highest BCUT2D eigenvalue weighted by atomic mass is 16.5. The first kappa shape index (κ1) is 11.6. The molecule has 3 nitrogen and oxygen atoms in total. The van der Waals surface area contributed by atoms with Crippen LogP contribution >= 0.6 is 0 Å². The predicted octanol–water partition coefficient (Wildman–Crippen LogP) is 1.14. The number of Topliss-reactive ketones (excluding diaryl/α,β-unsaturated/α-hetero) is 1. The van der Waals surface area contributed by atoms with Gasteiger partial charge in [0.05, 0.1) is 6.10 Å². The Kier molecular flexibility index (Phi) is 7.00. The second-order valence-corrected chi connectivity index (χ2v) is 3.06. The Labute approximate surface area is 73.7 Å². The Bertz CT molecular complexity index is 113. The number of hydrogen-bond acceptors (Lipinski definition) is 3. The third-order valence-corrected chi connectivity index (χ3v) is 1.48. The van der Waals surface area contributed by atoms with Crippen LogP contribution in [0.25, 0.3) is 0 Å². The molecule has 1 aliphatic heterocycles. The summed E-state index contributed by atoms with van der Waals surface area (Å²) in [5, 5.41) is 8.45. The van der Waals surface area contributed by atoms with E-state index in [0.29, 0.717) is 6.10 Å². The van der Waals surface area contributed by atoms with Crippen molar-refractivity contribution in [3.8, 4) is 0 Å². The molecule has 1 rings (SSSR count). The van der Waals surface area contributed by atoms with Gasteiger partial charge >= 0.3 is 0 Å². The van der Waals surface area contributed by atoms with Crippen molar-refractivity contribution in [1.82, 2.24) is 0 Å². The van der Waals surface area contributed by atoms with E-state index in [1.807, 2.05) is 0 Å². The Morgan fingerprint density at radius 3 is 2.50 bits per heavy atom. The minimum Gasteiger partial charge on any atom is -0.396 e. The lowest BCUT2D eigenvalue weighted by Crippen LogP contribution is -2.06. The molecule has 0 saturated carbocycles. The van der Waals surface area contributed by atoms with Gasteiger partial charge in [0.2, 0.25) is 0 Å². The highest BCUT2D eigenvalue weighted by Gasteiger charge is 2.13. The molecule has 0 aromatic heterocycles. The van der Waals surface area contributed by atoms with Gasteiger partial charge in [0, 0.05) is 13.2 Å². The molecule has 72 valence electrons. The summed E-state index contributed by atoms with van der Waals surface area (Å²) in [5.41, 5.74) is 0. The van der Waals surface area contributed by atoms with Crippen molar-refractivity contribution in [3.63, 3.8) is 0 Å². The van der Waals surface area contributed by atoms with Crippen LogP contribution in [0.1, 0.15) is 33.1 Å². The number of rotatable bonds is 2. The van der Waals surface area contributed by atoms with Gasteiger partial charge in [-0.2, -0.15) is 0 Å². The number of carbonyl (C=O) groups excluding carboxylic acids is 1. The second kappa shape index (κ2) is 7.25. The molecular formula is C9H18O3.